The lowest BCUT2D eigenvalue weighted by Gasteiger charge is -2.19. The first-order valence-electron chi connectivity index (χ1n) is 6.42. The fraction of sp³-hybridized carbons (Fsp3) is 0.333. The predicted molar refractivity (Wildman–Crippen MR) is 84.4 cm³/mol. The molecule has 0 saturated heterocycles. The molecule has 0 unspecified atom stereocenters. The van der Waals surface area contributed by atoms with Crippen molar-refractivity contribution in [3.8, 4) is 0 Å². The average molecular weight is 289 g/mol. The van der Waals surface area contributed by atoms with Crippen molar-refractivity contribution >= 4 is 28.1 Å². The van der Waals surface area contributed by atoms with Gasteiger partial charge in [-0.05, 0) is 30.0 Å². The highest BCUT2D eigenvalue weighted by molar-refractivity contribution is 7.17. The molecule has 0 bridgehead atoms. The van der Waals surface area contributed by atoms with E-state index in [4.69, 9.17) is 5.73 Å². The van der Waals surface area contributed by atoms with Gasteiger partial charge in [-0.25, -0.2) is 4.98 Å². The minimum atomic E-state index is -0.166. The summed E-state index contributed by atoms with van der Waals surface area (Å²) in [7, 11) is 0. The third kappa shape index (κ3) is 3.17. The Morgan fingerprint density at radius 1 is 1.25 bits per heavy atom. The normalized spacial score (nSPS) is 11.4. The van der Waals surface area contributed by atoms with E-state index in [2.05, 4.69) is 31.1 Å². The van der Waals surface area contributed by atoms with E-state index in [1.807, 2.05) is 24.3 Å². The van der Waals surface area contributed by atoms with Crippen molar-refractivity contribution < 1.29 is 4.79 Å². The summed E-state index contributed by atoms with van der Waals surface area (Å²) in [6.07, 6.45) is 0. The van der Waals surface area contributed by atoms with Crippen LogP contribution in [0.3, 0.4) is 0 Å². The quantitative estimate of drug-likeness (QED) is 0.888. The van der Waals surface area contributed by atoms with Gasteiger partial charge in [-0.2, -0.15) is 0 Å². The number of nitrogen functional groups attached to an aromatic ring is 1. The Labute approximate surface area is 123 Å². The third-order valence-electron chi connectivity index (χ3n) is 3.03. The van der Waals surface area contributed by atoms with Gasteiger partial charge in [-0.1, -0.05) is 44.2 Å². The van der Waals surface area contributed by atoms with E-state index in [0.717, 1.165) is 5.69 Å². The monoisotopic (exact) mass is 289 g/mol. The molecule has 5 heteroatoms. The summed E-state index contributed by atoms with van der Waals surface area (Å²) in [5, 5.41) is 3.28. The molecule has 106 valence electrons. The Hall–Kier alpha value is -1.88. The van der Waals surface area contributed by atoms with Crippen LogP contribution in [-0.4, -0.2) is 10.9 Å². The van der Waals surface area contributed by atoms with Crippen molar-refractivity contribution in [2.24, 2.45) is 0 Å². The Bertz CT molecular complexity index is 624. The zero-order valence-electron chi connectivity index (χ0n) is 12.2. The summed E-state index contributed by atoms with van der Waals surface area (Å²) in [5.41, 5.74) is 8.37. The molecular weight excluding hydrogens is 270 g/mol. The maximum absolute atomic E-state index is 12.1. The van der Waals surface area contributed by atoms with Crippen molar-refractivity contribution in [3.05, 3.63) is 40.4 Å². The molecule has 0 saturated carbocycles. The summed E-state index contributed by atoms with van der Waals surface area (Å²) in [6, 6.07) is 7.89. The number of carbonyl (C=O) groups is 1. The van der Waals surface area contributed by atoms with E-state index in [0.29, 0.717) is 15.7 Å². The number of hydrogen-bond donors (Lipinski definition) is 2. The Morgan fingerprint density at radius 3 is 2.30 bits per heavy atom. The lowest BCUT2D eigenvalue weighted by atomic mass is 9.87. The second-order valence-corrected chi connectivity index (χ2v) is 6.78. The van der Waals surface area contributed by atoms with Gasteiger partial charge in [0.25, 0.3) is 5.91 Å². The molecule has 0 radical (unpaired) electrons. The highest BCUT2D eigenvalue weighted by atomic mass is 32.1. The first-order chi connectivity index (χ1) is 9.27. The highest BCUT2D eigenvalue weighted by Crippen LogP contribution is 2.25. The molecule has 0 atom stereocenters. The van der Waals surface area contributed by atoms with Gasteiger partial charge in [0.1, 0.15) is 4.88 Å². The minimum Gasteiger partial charge on any atom is -0.375 e. The van der Waals surface area contributed by atoms with E-state index in [-0.39, 0.29) is 11.3 Å². The van der Waals surface area contributed by atoms with Gasteiger partial charge in [0, 0.05) is 5.69 Å². The van der Waals surface area contributed by atoms with Crippen molar-refractivity contribution in [1.82, 2.24) is 4.98 Å². The number of nitrogens with two attached hydrogens (primary N) is 1. The second kappa shape index (κ2) is 5.25. The third-order valence-corrected chi connectivity index (χ3v) is 4.01. The highest BCUT2D eigenvalue weighted by Gasteiger charge is 2.16. The van der Waals surface area contributed by atoms with Crippen LogP contribution in [0.2, 0.25) is 0 Å². The molecule has 2 rings (SSSR count). The smallest absolute Gasteiger partial charge is 0.267 e. The molecule has 4 nitrogen and oxygen atoms in total. The first kappa shape index (κ1) is 14.5. The van der Waals surface area contributed by atoms with Gasteiger partial charge in [-0.3, -0.25) is 4.79 Å². The SMILES string of the molecule is Cc1nc(N)sc1C(=O)Nc1ccc(C(C)(C)C)cc1. The topological polar surface area (TPSA) is 68.0 Å². The number of anilines is 2. The van der Waals surface area contributed by atoms with Crippen LogP contribution < -0.4 is 11.1 Å². The van der Waals surface area contributed by atoms with E-state index in [1.165, 1.54) is 16.9 Å². The van der Waals surface area contributed by atoms with Gasteiger partial charge < -0.3 is 11.1 Å². The molecule has 1 aromatic carbocycles. The number of carbonyl (C=O) groups excluding carboxylic acids is 1. The van der Waals surface area contributed by atoms with Crippen LogP contribution >= 0.6 is 11.3 Å². The Balaban J connectivity index is 2.14. The summed E-state index contributed by atoms with van der Waals surface area (Å²) in [4.78, 5) is 16.7. The molecule has 0 fully saturated rings. The number of rotatable bonds is 2. The lowest BCUT2D eigenvalue weighted by molar-refractivity contribution is 0.103. The van der Waals surface area contributed by atoms with Crippen molar-refractivity contribution in [3.63, 3.8) is 0 Å². The van der Waals surface area contributed by atoms with Crippen LogP contribution in [-0.2, 0) is 5.41 Å². The molecule has 2 aromatic rings. The average Bonchev–Trinajstić information content (AvgIpc) is 2.68. The van der Waals surface area contributed by atoms with E-state index in [9.17, 15) is 4.79 Å². The van der Waals surface area contributed by atoms with Gasteiger partial charge in [0.15, 0.2) is 5.13 Å². The zero-order chi connectivity index (χ0) is 14.9. The number of aromatic nitrogens is 1. The number of benzene rings is 1. The van der Waals surface area contributed by atoms with E-state index >= 15 is 0 Å². The summed E-state index contributed by atoms with van der Waals surface area (Å²) >= 11 is 1.20. The summed E-state index contributed by atoms with van der Waals surface area (Å²) < 4.78 is 0. The van der Waals surface area contributed by atoms with Crippen LogP contribution in [0.4, 0.5) is 10.8 Å². The van der Waals surface area contributed by atoms with E-state index in [1.54, 1.807) is 6.92 Å². The minimum absolute atomic E-state index is 0.102. The molecule has 0 aliphatic heterocycles. The Morgan fingerprint density at radius 2 is 1.85 bits per heavy atom. The number of aryl methyl sites for hydroxylation is 1. The fourth-order valence-corrected chi connectivity index (χ4v) is 2.60. The van der Waals surface area contributed by atoms with Crippen molar-refractivity contribution in [2.75, 3.05) is 11.1 Å². The maximum atomic E-state index is 12.1. The maximum Gasteiger partial charge on any atom is 0.267 e. The number of nitrogens with one attached hydrogen (secondary N) is 1. The predicted octanol–water partition coefficient (Wildman–Crippen LogP) is 3.58. The summed E-state index contributed by atoms with van der Waals surface area (Å²) in [5.74, 6) is -0.166. The van der Waals surface area contributed by atoms with Crippen LogP contribution in [0.15, 0.2) is 24.3 Å². The Kier molecular flexibility index (Phi) is 3.81. The standard InChI is InChI=1S/C15H19N3OS/c1-9-12(20-14(16)17-9)13(19)18-11-7-5-10(6-8-11)15(2,3)4/h5-8H,1-4H3,(H2,16,17)(H,18,19). The molecule has 3 N–H and O–H groups in total. The van der Waals surface area contributed by atoms with Gasteiger partial charge in [-0.15, -0.1) is 0 Å². The molecule has 1 aromatic heterocycles. The van der Waals surface area contributed by atoms with Crippen LogP contribution in [0.25, 0.3) is 0 Å². The second-order valence-electron chi connectivity index (χ2n) is 5.75. The zero-order valence-corrected chi connectivity index (χ0v) is 13.0. The van der Waals surface area contributed by atoms with Crippen LogP contribution in [0, 0.1) is 6.92 Å². The first-order valence-corrected chi connectivity index (χ1v) is 7.24. The number of nitrogens with zero attached hydrogens (tertiary/aromatic N) is 1. The lowest BCUT2D eigenvalue weighted by Crippen LogP contribution is -2.13. The van der Waals surface area contributed by atoms with Crippen molar-refractivity contribution in [1.29, 1.82) is 0 Å². The van der Waals surface area contributed by atoms with Crippen LogP contribution in [0.5, 0.6) is 0 Å². The van der Waals surface area contributed by atoms with Gasteiger partial charge in [0.05, 0.1) is 5.69 Å². The molecule has 1 amide bonds. The number of thiazole rings is 1. The molecule has 1 heterocycles. The molecule has 20 heavy (non-hydrogen) atoms. The summed E-state index contributed by atoms with van der Waals surface area (Å²) in [6.45, 7) is 8.25. The van der Waals surface area contributed by atoms with E-state index < -0.39 is 0 Å². The number of hydrogen-bond acceptors (Lipinski definition) is 4. The van der Waals surface area contributed by atoms with Gasteiger partial charge >= 0.3 is 0 Å². The molecule has 0 aliphatic carbocycles. The van der Waals surface area contributed by atoms with Crippen molar-refractivity contribution in [2.45, 2.75) is 33.1 Å². The molecular formula is C15H19N3OS. The fourth-order valence-electron chi connectivity index (χ4n) is 1.87. The van der Waals surface area contributed by atoms with Crippen LogP contribution in [0.1, 0.15) is 41.7 Å². The molecule has 0 aliphatic rings. The number of amides is 1. The largest absolute Gasteiger partial charge is 0.375 e. The molecule has 0 spiro atoms. The van der Waals surface area contributed by atoms with Gasteiger partial charge in [0.2, 0.25) is 0 Å².